The fourth-order valence-electron chi connectivity index (χ4n) is 5.45. The molecule has 2 N–H and O–H groups in total. The summed E-state index contributed by atoms with van der Waals surface area (Å²) < 4.78 is 11.5. The van der Waals surface area contributed by atoms with E-state index in [9.17, 15) is 38.4 Å². The van der Waals surface area contributed by atoms with Gasteiger partial charge in [-0.15, -0.1) is 50.4 Å². The Balaban J connectivity index is 1.16. The van der Waals surface area contributed by atoms with Crippen molar-refractivity contribution < 1.29 is 52.7 Å². The number of hydrogen-bond donors (Lipinski definition) is 2. The van der Waals surface area contributed by atoms with Crippen molar-refractivity contribution in [2.75, 3.05) is 78.8 Å². The molecule has 0 bridgehead atoms. The second-order valence-electron chi connectivity index (χ2n) is 11.9. The third kappa shape index (κ3) is 11.0. The van der Waals surface area contributed by atoms with E-state index in [0.717, 1.165) is 45.3 Å². The van der Waals surface area contributed by atoms with Crippen LogP contribution in [0.5, 0.6) is 0 Å². The molecule has 0 saturated carbocycles. The topological polar surface area (TPSA) is 201 Å². The molecule has 0 atom stereocenters. The van der Waals surface area contributed by atoms with E-state index in [1.54, 1.807) is 9.80 Å². The molecule has 0 aromatic carbocycles. The van der Waals surface area contributed by atoms with Gasteiger partial charge in [-0.1, -0.05) is 24.4 Å². The highest BCUT2D eigenvalue weighted by Gasteiger charge is 2.34. The van der Waals surface area contributed by atoms with Gasteiger partial charge in [-0.2, -0.15) is 0 Å². The van der Waals surface area contributed by atoms with Gasteiger partial charge in [-0.05, 0) is 12.8 Å². The van der Waals surface area contributed by atoms with E-state index in [-0.39, 0.29) is 83.2 Å². The lowest BCUT2D eigenvalue weighted by Crippen LogP contribution is -2.41. The molecule has 3 aliphatic rings. The summed E-state index contributed by atoms with van der Waals surface area (Å²) in [6, 6.07) is 0. The van der Waals surface area contributed by atoms with Gasteiger partial charge in [0.1, 0.15) is 32.2 Å². The summed E-state index contributed by atoms with van der Waals surface area (Å²) in [6.45, 7) is 3.57. The number of imide groups is 1. The van der Waals surface area contributed by atoms with Crippen LogP contribution >= 0.6 is 69.8 Å². The Bertz CT molecular complexity index is 1780. The number of carbonyl (C=O) groups is 8. The quantitative estimate of drug-likeness (QED) is 0.114. The molecule has 2 aromatic heterocycles. The van der Waals surface area contributed by atoms with Crippen molar-refractivity contribution in [2.45, 2.75) is 32.1 Å². The van der Waals surface area contributed by atoms with Crippen molar-refractivity contribution in [3.63, 3.8) is 0 Å². The molecule has 3 aliphatic heterocycles. The van der Waals surface area contributed by atoms with Crippen molar-refractivity contribution in [1.29, 1.82) is 0 Å². The van der Waals surface area contributed by atoms with Gasteiger partial charge in [0.15, 0.2) is 0 Å². The summed E-state index contributed by atoms with van der Waals surface area (Å²) in [7, 11) is 0. The van der Waals surface area contributed by atoms with Crippen LogP contribution < -0.4 is 10.6 Å². The summed E-state index contributed by atoms with van der Waals surface area (Å²) in [4.78, 5) is 112. The zero-order valence-electron chi connectivity index (χ0n) is 28.7. The first-order chi connectivity index (χ1) is 25.9. The van der Waals surface area contributed by atoms with E-state index >= 15 is 0 Å². The number of morpholine rings is 2. The maximum Gasteiger partial charge on any atom is 0.342 e. The van der Waals surface area contributed by atoms with Crippen LogP contribution in [0, 0.1) is 6.28 Å². The number of amides is 7. The van der Waals surface area contributed by atoms with Crippen molar-refractivity contribution in [3.8, 4) is 0 Å². The van der Waals surface area contributed by atoms with Crippen LogP contribution in [0.1, 0.15) is 70.8 Å². The lowest BCUT2D eigenvalue weighted by Gasteiger charge is -2.26. The van der Waals surface area contributed by atoms with E-state index in [1.165, 1.54) is 4.90 Å². The summed E-state index contributed by atoms with van der Waals surface area (Å²) in [5.74, 6) is -4.69. The molecule has 0 unspecified atom stereocenters. The molecular formula is C31H36N6O11S6. The highest BCUT2D eigenvalue weighted by atomic mass is 32.2. The number of rotatable bonds is 15. The molecule has 7 amide bonds. The zero-order chi connectivity index (χ0) is 38.8. The highest BCUT2D eigenvalue weighted by Crippen LogP contribution is 2.28. The molecule has 0 radical (unpaired) electrons. The minimum Gasteiger partial charge on any atom is -0.378 e. The van der Waals surface area contributed by atoms with Gasteiger partial charge in [0.2, 0.25) is 5.91 Å². The van der Waals surface area contributed by atoms with Crippen LogP contribution in [0.4, 0.5) is 0 Å². The van der Waals surface area contributed by atoms with Gasteiger partial charge in [-0.25, -0.2) is 4.79 Å². The first-order valence-electron chi connectivity index (χ1n) is 16.9. The second kappa shape index (κ2) is 19.8. The monoisotopic (exact) mass is 860 g/mol. The van der Waals surface area contributed by atoms with Crippen molar-refractivity contribution in [2.24, 2.45) is 0 Å². The van der Waals surface area contributed by atoms with Gasteiger partial charge in [0, 0.05) is 65.2 Å². The number of carbonyl (C=O) groups excluding carboxylic acids is 8. The zero-order valence-corrected chi connectivity index (χ0v) is 33.6. The summed E-state index contributed by atoms with van der Waals surface area (Å²) >= 11 is 14.8. The molecule has 2 aromatic rings. The molecule has 292 valence electrons. The predicted molar refractivity (Wildman–Crippen MR) is 202 cm³/mol. The Hall–Kier alpha value is -3.58. The van der Waals surface area contributed by atoms with E-state index in [4.69, 9.17) is 38.7 Å². The van der Waals surface area contributed by atoms with Crippen molar-refractivity contribution >= 4 is 117 Å². The Kier molecular flexibility index (Phi) is 15.3. The number of nitrogens with one attached hydrogen (secondary N) is 2. The number of hydrogen-bond acceptors (Lipinski definition) is 17. The summed E-state index contributed by atoms with van der Waals surface area (Å²) in [5.41, 5.74) is 0. The number of ether oxygens (including phenoxy) is 2. The van der Waals surface area contributed by atoms with Crippen LogP contribution in [0.25, 0.3) is 0 Å². The maximum atomic E-state index is 13.3. The van der Waals surface area contributed by atoms with E-state index in [2.05, 4.69) is 10.6 Å². The van der Waals surface area contributed by atoms with E-state index in [1.807, 2.05) is 0 Å². The van der Waals surface area contributed by atoms with Gasteiger partial charge >= 0.3 is 5.97 Å². The van der Waals surface area contributed by atoms with Crippen LogP contribution in [-0.4, -0.2) is 146 Å². The van der Waals surface area contributed by atoms with E-state index in [0.29, 0.717) is 63.9 Å². The van der Waals surface area contributed by atoms with Crippen LogP contribution in [0.15, 0.2) is 0 Å². The average Bonchev–Trinajstić information content (AvgIpc) is 3.86. The minimum atomic E-state index is -1.09. The Labute approximate surface area is 335 Å². The van der Waals surface area contributed by atoms with Crippen LogP contribution in [0.3, 0.4) is 0 Å². The van der Waals surface area contributed by atoms with Crippen molar-refractivity contribution in [3.05, 3.63) is 25.8 Å². The summed E-state index contributed by atoms with van der Waals surface area (Å²) in [6.07, 6.45) is -0.485. The molecule has 23 heteroatoms. The molecule has 0 aliphatic carbocycles. The van der Waals surface area contributed by atoms with Gasteiger partial charge < -0.3 is 39.6 Å². The third-order valence-electron chi connectivity index (χ3n) is 8.18. The maximum absolute atomic E-state index is 13.3. The predicted octanol–water partition coefficient (Wildman–Crippen LogP) is 2.10. The van der Waals surface area contributed by atoms with E-state index < -0.39 is 41.9 Å². The Morgan fingerprint density at radius 3 is 1.50 bits per heavy atom. The van der Waals surface area contributed by atoms with Gasteiger partial charge in [-0.3, -0.25) is 33.6 Å². The number of nitrogens with zero attached hydrogens (tertiary/aromatic N) is 4. The number of hydroxylamine groups is 2. The molecule has 3 fully saturated rings. The van der Waals surface area contributed by atoms with Gasteiger partial charge in [0.25, 0.3) is 35.4 Å². The first-order valence-corrected chi connectivity index (χ1v) is 20.9. The largest absolute Gasteiger partial charge is 0.378 e. The first kappa shape index (κ1) is 41.6. The normalized spacial score (nSPS) is 16.0. The second-order valence-corrected chi connectivity index (χ2v) is 18.3. The lowest BCUT2D eigenvalue weighted by atomic mass is 10.2. The molecule has 5 rings (SSSR count). The molecule has 54 heavy (non-hydrogen) atoms. The SMILES string of the molecule is O=C(CC(=O)N(CCCNC(=O)c1sc(=S)sc1C(=O)N1CCOCC1)CCCNC(=O)c1sc(=S)sc1C(=O)N1CCOCC1)ON1C(=O)CCC1=O. The third-order valence-corrected chi connectivity index (χ3v) is 13.5. The van der Waals surface area contributed by atoms with Gasteiger partial charge in [0.05, 0.1) is 26.4 Å². The summed E-state index contributed by atoms with van der Waals surface area (Å²) in [5, 5.41) is 5.90. The molecular weight excluding hydrogens is 825 g/mol. The van der Waals surface area contributed by atoms with Crippen LogP contribution in [0.2, 0.25) is 0 Å². The highest BCUT2D eigenvalue weighted by molar-refractivity contribution is 7.77. The lowest BCUT2D eigenvalue weighted by molar-refractivity contribution is -0.198. The molecule has 0 spiro atoms. The molecule has 3 saturated heterocycles. The molecule has 5 heterocycles. The fraction of sp³-hybridized carbons (Fsp3) is 0.548. The average molecular weight is 861 g/mol. The Morgan fingerprint density at radius 2 is 1.07 bits per heavy atom. The Morgan fingerprint density at radius 1 is 0.667 bits per heavy atom. The fourth-order valence-corrected chi connectivity index (χ4v) is 10.4. The molecule has 17 nitrogen and oxygen atoms in total. The smallest absolute Gasteiger partial charge is 0.342 e. The minimum absolute atomic E-state index is 0.0744. The standard InChI is InChI=1S/C31H36N6O11S6/c38-18-3-4-19(39)37(18)48-21(41)17-20(40)34(7-1-5-32-26(42)22-24(53-30(49)51-22)28(44)35-9-13-46-14-10-35)8-2-6-33-27(43)23-25(54-31(50)52-23)29(45)36-11-15-47-16-12-36/h1-17H2,(H,32,42)(H,33,43). The van der Waals surface area contributed by atoms with Crippen molar-refractivity contribution in [1.82, 2.24) is 30.4 Å². The van der Waals surface area contributed by atoms with Crippen LogP contribution in [-0.2, 0) is 33.5 Å².